The predicted octanol–water partition coefficient (Wildman–Crippen LogP) is 4.58. The zero-order valence-corrected chi connectivity index (χ0v) is 17.6. The van der Waals surface area contributed by atoms with Crippen LogP contribution in [0.1, 0.15) is 29.0 Å². The van der Waals surface area contributed by atoms with E-state index in [1.807, 2.05) is 25.1 Å². The molecule has 0 spiro atoms. The van der Waals surface area contributed by atoms with Gasteiger partial charge in [0, 0.05) is 17.3 Å². The van der Waals surface area contributed by atoms with Crippen LogP contribution in [-0.2, 0) is 0 Å². The Hall–Kier alpha value is -3.87. The SMILES string of the molecule is CCOc1cccc([C@H]2Nc3ccccc3C(=O)N2c2ccc(OC)cc2OC)c1O. The maximum atomic E-state index is 13.6. The highest BCUT2D eigenvalue weighted by Gasteiger charge is 2.37. The van der Waals surface area contributed by atoms with Crippen molar-refractivity contribution in [2.45, 2.75) is 13.1 Å². The predicted molar refractivity (Wildman–Crippen MR) is 118 cm³/mol. The van der Waals surface area contributed by atoms with Crippen molar-refractivity contribution in [3.8, 4) is 23.0 Å². The van der Waals surface area contributed by atoms with Crippen LogP contribution in [0, 0.1) is 0 Å². The van der Waals surface area contributed by atoms with Gasteiger partial charge < -0.3 is 24.6 Å². The van der Waals surface area contributed by atoms with E-state index < -0.39 is 6.17 Å². The Morgan fingerprint density at radius 1 is 1.00 bits per heavy atom. The molecule has 160 valence electrons. The Morgan fingerprint density at radius 3 is 2.55 bits per heavy atom. The first-order chi connectivity index (χ1) is 15.1. The highest BCUT2D eigenvalue weighted by molar-refractivity contribution is 6.12. The monoisotopic (exact) mass is 420 g/mol. The Morgan fingerprint density at radius 2 is 1.81 bits per heavy atom. The smallest absolute Gasteiger partial charge is 0.262 e. The number of benzene rings is 3. The molecule has 7 heteroatoms. The molecule has 1 amide bonds. The van der Waals surface area contributed by atoms with E-state index in [0.29, 0.717) is 46.4 Å². The van der Waals surface area contributed by atoms with Gasteiger partial charge in [-0.05, 0) is 37.3 Å². The molecule has 1 heterocycles. The van der Waals surface area contributed by atoms with E-state index in [1.54, 1.807) is 54.5 Å². The van der Waals surface area contributed by atoms with Gasteiger partial charge in [-0.1, -0.05) is 24.3 Å². The van der Waals surface area contributed by atoms with Crippen molar-refractivity contribution >= 4 is 17.3 Å². The minimum Gasteiger partial charge on any atom is -0.504 e. The molecule has 0 saturated carbocycles. The van der Waals surface area contributed by atoms with Crippen molar-refractivity contribution in [3.63, 3.8) is 0 Å². The van der Waals surface area contributed by atoms with Gasteiger partial charge in [-0.15, -0.1) is 0 Å². The van der Waals surface area contributed by atoms with Crippen LogP contribution in [0.15, 0.2) is 60.7 Å². The number of methoxy groups -OCH3 is 2. The van der Waals surface area contributed by atoms with E-state index in [-0.39, 0.29) is 11.7 Å². The van der Waals surface area contributed by atoms with E-state index in [4.69, 9.17) is 14.2 Å². The van der Waals surface area contributed by atoms with Gasteiger partial charge in [0.05, 0.1) is 32.1 Å². The van der Waals surface area contributed by atoms with E-state index in [2.05, 4.69) is 5.32 Å². The molecule has 3 aromatic carbocycles. The summed E-state index contributed by atoms with van der Waals surface area (Å²) >= 11 is 0. The third-order valence-electron chi connectivity index (χ3n) is 5.20. The Balaban J connectivity index is 1.91. The molecule has 0 fully saturated rings. The number of aromatic hydroxyl groups is 1. The fourth-order valence-corrected chi connectivity index (χ4v) is 3.74. The summed E-state index contributed by atoms with van der Waals surface area (Å²) in [7, 11) is 3.11. The number of nitrogens with one attached hydrogen (secondary N) is 1. The summed E-state index contributed by atoms with van der Waals surface area (Å²) in [6, 6.07) is 17.8. The largest absolute Gasteiger partial charge is 0.504 e. The highest BCUT2D eigenvalue weighted by atomic mass is 16.5. The summed E-state index contributed by atoms with van der Waals surface area (Å²) in [5.41, 5.74) is 2.26. The van der Waals surface area contributed by atoms with Gasteiger partial charge in [0.25, 0.3) is 5.91 Å². The summed E-state index contributed by atoms with van der Waals surface area (Å²) in [6.07, 6.45) is -0.690. The number of carbonyl (C=O) groups excluding carboxylic acids is 1. The topological polar surface area (TPSA) is 80.3 Å². The number of carbonyl (C=O) groups is 1. The molecule has 3 aromatic rings. The number of hydrogen-bond acceptors (Lipinski definition) is 6. The minimum absolute atomic E-state index is 0.0218. The maximum Gasteiger partial charge on any atom is 0.262 e. The molecular formula is C24H24N2O5. The first-order valence-electron chi connectivity index (χ1n) is 9.94. The quantitative estimate of drug-likeness (QED) is 0.608. The fourth-order valence-electron chi connectivity index (χ4n) is 3.74. The van der Waals surface area contributed by atoms with Gasteiger partial charge in [0.1, 0.15) is 17.7 Å². The van der Waals surface area contributed by atoms with E-state index in [1.165, 1.54) is 7.11 Å². The number of phenols is 1. The van der Waals surface area contributed by atoms with Crippen LogP contribution in [0.25, 0.3) is 0 Å². The first-order valence-corrected chi connectivity index (χ1v) is 9.94. The maximum absolute atomic E-state index is 13.6. The summed E-state index contributed by atoms with van der Waals surface area (Å²) in [6.45, 7) is 2.26. The first kappa shape index (κ1) is 20.4. The van der Waals surface area contributed by atoms with Crippen LogP contribution in [0.4, 0.5) is 11.4 Å². The number of para-hydroxylation sites is 2. The molecule has 0 radical (unpaired) electrons. The molecule has 0 unspecified atom stereocenters. The molecule has 0 saturated heterocycles. The Kier molecular flexibility index (Phi) is 5.58. The standard InChI is InChI=1S/C24H24N2O5/c1-4-31-20-11-7-9-17(22(20)27)23-25-18-10-6-5-8-16(18)24(28)26(23)19-13-12-15(29-2)14-21(19)30-3/h5-14,23,25,27H,4H2,1-3H3/t23-/m0/s1. The zero-order valence-electron chi connectivity index (χ0n) is 17.6. The lowest BCUT2D eigenvalue weighted by atomic mass is 10.0. The van der Waals surface area contributed by atoms with Gasteiger partial charge in [-0.25, -0.2) is 0 Å². The fraction of sp³-hybridized carbons (Fsp3) is 0.208. The Labute approximate surface area is 180 Å². The number of nitrogens with zero attached hydrogens (tertiary/aromatic N) is 1. The van der Waals surface area contributed by atoms with Crippen molar-refractivity contribution in [2.75, 3.05) is 31.0 Å². The molecule has 1 aliphatic rings. The van der Waals surface area contributed by atoms with Gasteiger partial charge >= 0.3 is 0 Å². The molecule has 7 nitrogen and oxygen atoms in total. The number of fused-ring (bicyclic) bond motifs is 1. The molecule has 1 atom stereocenters. The van der Waals surface area contributed by atoms with Crippen LogP contribution in [0.5, 0.6) is 23.0 Å². The van der Waals surface area contributed by atoms with Gasteiger partial charge in [0.2, 0.25) is 0 Å². The lowest BCUT2D eigenvalue weighted by Gasteiger charge is -2.39. The van der Waals surface area contributed by atoms with E-state index in [0.717, 1.165) is 0 Å². The van der Waals surface area contributed by atoms with Crippen molar-refractivity contribution in [1.82, 2.24) is 0 Å². The van der Waals surface area contributed by atoms with Gasteiger partial charge in [-0.2, -0.15) is 0 Å². The van der Waals surface area contributed by atoms with Crippen LogP contribution < -0.4 is 24.4 Å². The third kappa shape index (κ3) is 3.59. The van der Waals surface area contributed by atoms with Crippen molar-refractivity contribution in [1.29, 1.82) is 0 Å². The lowest BCUT2D eigenvalue weighted by molar-refractivity contribution is 0.0973. The number of amides is 1. The minimum atomic E-state index is -0.690. The van der Waals surface area contributed by atoms with Crippen LogP contribution in [0.3, 0.4) is 0 Å². The van der Waals surface area contributed by atoms with Crippen molar-refractivity contribution < 1.29 is 24.1 Å². The summed E-state index contributed by atoms with van der Waals surface area (Å²) in [5.74, 6) is 1.20. The summed E-state index contributed by atoms with van der Waals surface area (Å²) in [5, 5.41) is 14.3. The number of rotatable bonds is 6. The number of anilines is 2. The second-order valence-electron chi connectivity index (χ2n) is 6.93. The number of hydrogen-bond donors (Lipinski definition) is 2. The van der Waals surface area contributed by atoms with Crippen LogP contribution in [0.2, 0.25) is 0 Å². The van der Waals surface area contributed by atoms with Crippen molar-refractivity contribution in [2.24, 2.45) is 0 Å². The summed E-state index contributed by atoms with van der Waals surface area (Å²) < 4.78 is 16.4. The zero-order chi connectivity index (χ0) is 22.0. The average molecular weight is 420 g/mol. The second kappa shape index (κ2) is 8.47. The highest BCUT2D eigenvalue weighted by Crippen LogP contribution is 2.45. The Bertz CT molecular complexity index is 1110. The molecule has 1 aliphatic heterocycles. The molecule has 0 aromatic heterocycles. The molecular weight excluding hydrogens is 396 g/mol. The normalized spacial score (nSPS) is 15.1. The average Bonchev–Trinajstić information content (AvgIpc) is 2.80. The van der Waals surface area contributed by atoms with Gasteiger partial charge in [-0.3, -0.25) is 9.69 Å². The molecule has 4 rings (SSSR count). The van der Waals surface area contributed by atoms with Gasteiger partial charge in [0.15, 0.2) is 11.5 Å². The van der Waals surface area contributed by atoms with E-state index in [9.17, 15) is 9.90 Å². The molecule has 31 heavy (non-hydrogen) atoms. The molecule has 2 N–H and O–H groups in total. The van der Waals surface area contributed by atoms with Crippen LogP contribution >= 0.6 is 0 Å². The summed E-state index contributed by atoms with van der Waals surface area (Å²) in [4.78, 5) is 15.2. The third-order valence-corrected chi connectivity index (χ3v) is 5.20. The molecule has 0 aliphatic carbocycles. The second-order valence-corrected chi connectivity index (χ2v) is 6.93. The number of ether oxygens (including phenoxy) is 3. The van der Waals surface area contributed by atoms with Crippen molar-refractivity contribution in [3.05, 3.63) is 71.8 Å². The van der Waals surface area contributed by atoms with Crippen LogP contribution in [-0.4, -0.2) is 31.8 Å². The number of phenolic OH excluding ortho intramolecular Hbond substituents is 1. The lowest BCUT2D eigenvalue weighted by Crippen LogP contribution is -2.43. The molecule has 0 bridgehead atoms. The van der Waals surface area contributed by atoms with E-state index >= 15 is 0 Å².